The number of nitrogens with one attached hydrogen (secondary N) is 1. The average molecular weight is 440 g/mol. The molecule has 0 aliphatic heterocycles. The van der Waals surface area contributed by atoms with Crippen LogP contribution >= 0.6 is 23.4 Å². The molecule has 2 aromatic carbocycles. The number of ether oxygens (including phenoxy) is 1. The van der Waals surface area contributed by atoms with Gasteiger partial charge in [0.15, 0.2) is 5.65 Å². The number of anilines is 1. The van der Waals surface area contributed by atoms with Crippen LogP contribution in [0.5, 0.6) is 5.75 Å². The fourth-order valence-corrected chi connectivity index (χ4v) is 4.32. The van der Waals surface area contributed by atoms with Gasteiger partial charge in [-0.05, 0) is 23.8 Å². The third kappa shape index (κ3) is 4.10. The monoisotopic (exact) mass is 439 g/mol. The largest absolute Gasteiger partial charge is 0.495 e. The predicted octanol–water partition coefficient (Wildman–Crippen LogP) is 4.50. The summed E-state index contributed by atoms with van der Waals surface area (Å²) < 4.78 is 6.85. The fourth-order valence-electron chi connectivity index (χ4n) is 3.00. The maximum Gasteiger partial charge on any atom is 0.242 e. The van der Waals surface area contributed by atoms with Crippen LogP contribution in [-0.4, -0.2) is 32.8 Å². The summed E-state index contributed by atoms with van der Waals surface area (Å²) in [6, 6.07) is 14.7. The fraction of sp³-hybridized carbons (Fsp3) is 0.143. The van der Waals surface area contributed by atoms with Crippen molar-refractivity contribution in [2.75, 3.05) is 12.4 Å². The summed E-state index contributed by atoms with van der Waals surface area (Å²) in [7, 11) is 3.36. The van der Waals surface area contributed by atoms with Crippen molar-refractivity contribution >= 4 is 46.0 Å². The van der Waals surface area contributed by atoms with E-state index >= 15 is 0 Å². The molecule has 152 valence electrons. The number of carbonyl (C=O) groups is 1. The molecule has 1 atom stereocenters. The molecule has 0 fully saturated rings. The van der Waals surface area contributed by atoms with Crippen molar-refractivity contribution in [1.82, 2.24) is 19.7 Å². The lowest BCUT2D eigenvalue weighted by Gasteiger charge is -2.17. The first-order valence-corrected chi connectivity index (χ1v) is 10.3. The van der Waals surface area contributed by atoms with E-state index in [-0.39, 0.29) is 5.91 Å². The van der Waals surface area contributed by atoms with Crippen molar-refractivity contribution in [3.63, 3.8) is 0 Å². The standard InChI is InChI=1S/C21H18ClN5O2S/c1-27-19-15(11-25-27)21(24-12-23-19)30-18(13-6-4-3-5-7-13)20(28)26-14-8-9-17(29-2)16(22)10-14/h3-12,18H,1-2H3,(H,26,28). The smallest absolute Gasteiger partial charge is 0.242 e. The molecule has 0 saturated heterocycles. The summed E-state index contributed by atoms with van der Waals surface area (Å²) in [4.78, 5) is 21.9. The molecule has 0 spiro atoms. The van der Waals surface area contributed by atoms with Crippen LogP contribution in [0.25, 0.3) is 11.0 Å². The minimum atomic E-state index is -0.537. The number of hydrogen-bond acceptors (Lipinski definition) is 6. The summed E-state index contributed by atoms with van der Waals surface area (Å²) in [6.45, 7) is 0. The summed E-state index contributed by atoms with van der Waals surface area (Å²) in [6.07, 6.45) is 3.19. The van der Waals surface area contributed by atoms with E-state index in [1.54, 1.807) is 36.2 Å². The van der Waals surface area contributed by atoms with Crippen LogP contribution in [0.15, 0.2) is 66.1 Å². The highest BCUT2D eigenvalue weighted by Crippen LogP contribution is 2.38. The van der Waals surface area contributed by atoms with E-state index in [2.05, 4.69) is 20.4 Å². The molecular weight excluding hydrogens is 422 g/mol. The van der Waals surface area contributed by atoms with Gasteiger partial charge in [-0.15, -0.1) is 0 Å². The maximum atomic E-state index is 13.3. The van der Waals surface area contributed by atoms with Crippen LogP contribution < -0.4 is 10.1 Å². The van der Waals surface area contributed by atoms with Crippen LogP contribution in [-0.2, 0) is 11.8 Å². The van der Waals surface area contributed by atoms with Gasteiger partial charge in [-0.2, -0.15) is 5.10 Å². The number of aryl methyl sites for hydroxylation is 1. The molecule has 30 heavy (non-hydrogen) atoms. The van der Waals surface area contributed by atoms with Gasteiger partial charge in [-0.25, -0.2) is 9.97 Å². The minimum Gasteiger partial charge on any atom is -0.495 e. The highest BCUT2D eigenvalue weighted by atomic mass is 35.5. The summed E-state index contributed by atoms with van der Waals surface area (Å²) >= 11 is 7.55. The van der Waals surface area contributed by atoms with Crippen molar-refractivity contribution < 1.29 is 9.53 Å². The molecule has 9 heteroatoms. The van der Waals surface area contributed by atoms with Crippen LogP contribution in [0, 0.1) is 0 Å². The topological polar surface area (TPSA) is 81.9 Å². The number of nitrogens with zero attached hydrogens (tertiary/aromatic N) is 4. The molecule has 0 saturated carbocycles. The Hall–Kier alpha value is -3.10. The van der Waals surface area contributed by atoms with Gasteiger partial charge in [0.1, 0.15) is 22.4 Å². The van der Waals surface area contributed by atoms with Crippen LogP contribution in [0.4, 0.5) is 5.69 Å². The minimum absolute atomic E-state index is 0.192. The molecule has 0 bridgehead atoms. The second-order valence-corrected chi connectivity index (χ2v) is 7.93. The van der Waals surface area contributed by atoms with E-state index in [4.69, 9.17) is 16.3 Å². The summed E-state index contributed by atoms with van der Waals surface area (Å²) in [5.74, 6) is 0.353. The first-order valence-electron chi connectivity index (χ1n) is 9.05. The second-order valence-electron chi connectivity index (χ2n) is 6.43. The van der Waals surface area contributed by atoms with Crippen molar-refractivity contribution in [2.24, 2.45) is 7.05 Å². The zero-order chi connectivity index (χ0) is 21.1. The van der Waals surface area contributed by atoms with Crippen LogP contribution in [0.2, 0.25) is 5.02 Å². The van der Waals surface area contributed by atoms with Gasteiger partial charge in [-0.3, -0.25) is 9.48 Å². The molecule has 2 heterocycles. The highest BCUT2D eigenvalue weighted by molar-refractivity contribution is 8.00. The number of methoxy groups -OCH3 is 1. The lowest BCUT2D eigenvalue weighted by atomic mass is 10.1. The van der Waals surface area contributed by atoms with Crippen molar-refractivity contribution in [3.05, 3.63) is 71.6 Å². The molecule has 7 nitrogen and oxygen atoms in total. The molecular formula is C21H18ClN5O2S. The van der Waals surface area contributed by atoms with Gasteiger partial charge in [0.2, 0.25) is 5.91 Å². The SMILES string of the molecule is COc1ccc(NC(=O)C(Sc2ncnc3c2cnn3C)c2ccccc2)cc1Cl. The molecule has 4 aromatic rings. The van der Waals surface area contributed by atoms with E-state index in [1.165, 1.54) is 18.1 Å². The Morgan fingerprint density at radius 2 is 2.00 bits per heavy atom. The Morgan fingerprint density at radius 1 is 1.20 bits per heavy atom. The lowest BCUT2D eigenvalue weighted by molar-refractivity contribution is -0.115. The molecule has 4 rings (SSSR count). The number of fused-ring (bicyclic) bond motifs is 1. The Kier molecular flexibility index (Phi) is 5.87. The van der Waals surface area contributed by atoms with E-state index in [0.29, 0.717) is 27.1 Å². The van der Waals surface area contributed by atoms with Gasteiger partial charge < -0.3 is 10.1 Å². The maximum absolute atomic E-state index is 13.3. The third-order valence-electron chi connectivity index (χ3n) is 4.48. The molecule has 1 unspecified atom stereocenters. The van der Waals surface area contributed by atoms with Crippen molar-refractivity contribution in [2.45, 2.75) is 10.3 Å². The number of amides is 1. The number of rotatable bonds is 6. The van der Waals surface area contributed by atoms with Crippen LogP contribution in [0.3, 0.4) is 0 Å². The summed E-state index contributed by atoms with van der Waals surface area (Å²) in [5, 5.41) is 8.56. The van der Waals surface area contributed by atoms with E-state index in [9.17, 15) is 4.79 Å². The number of hydrogen-bond donors (Lipinski definition) is 1. The molecule has 0 aliphatic rings. The van der Waals surface area contributed by atoms with Crippen molar-refractivity contribution in [1.29, 1.82) is 0 Å². The molecule has 2 aromatic heterocycles. The number of thioether (sulfide) groups is 1. The highest BCUT2D eigenvalue weighted by Gasteiger charge is 2.24. The number of halogens is 1. The number of carbonyl (C=O) groups excluding carboxylic acids is 1. The number of benzene rings is 2. The normalized spacial score (nSPS) is 12.0. The Bertz CT molecular complexity index is 1200. The second kappa shape index (κ2) is 8.73. The third-order valence-corrected chi connectivity index (χ3v) is 6.05. The van der Waals surface area contributed by atoms with Crippen LogP contribution in [0.1, 0.15) is 10.8 Å². The molecule has 1 amide bonds. The van der Waals surface area contributed by atoms with Gasteiger partial charge in [0, 0.05) is 12.7 Å². The zero-order valence-electron chi connectivity index (χ0n) is 16.2. The number of aromatic nitrogens is 4. The van der Waals surface area contributed by atoms with Gasteiger partial charge in [0.05, 0.1) is 23.7 Å². The van der Waals surface area contributed by atoms with E-state index in [1.807, 2.05) is 37.4 Å². The molecule has 0 aliphatic carbocycles. The summed E-state index contributed by atoms with van der Waals surface area (Å²) in [5.41, 5.74) is 2.15. The van der Waals surface area contributed by atoms with Crippen molar-refractivity contribution in [3.8, 4) is 5.75 Å². The molecule has 0 radical (unpaired) electrons. The van der Waals surface area contributed by atoms with Gasteiger partial charge >= 0.3 is 0 Å². The quantitative estimate of drug-likeness (QED) is 0.352. The van der Waals surface area contributed by atoms with Gasteiger partial charge in [-0.1, -0.05) is 53.7 Å². The average Bonchev–Trinajstić information content (AvgIpc) is 3.14. The first-order chi connectivity index (χ1) is 14.6. The van der Waals surface area contributed by atoms with Gasteiger partial charge in [0.25, 0.3) is 0 Å². The molecule has 1 N–H and O–H groups in total. The van der Waals surface area contributed by atoms with E-state index < -0.39 is 5.25 Å². The van der Waals surface area contributed by atoms with E-state index in [0.717, 1.165) is 10.9 Å². The predicted molar refractivity (Wildman–Crippen MR) is 118 cm³/mol. The Balaban J connectivity index is 1.66. The first kappa shape index (κ1) is 20.2. The lowest BCUT2D eigenvalue weighted by Crippen LogP contribution is -2.19. The Labute approximate surface area is 182 Å². The Morgan fingerprint density at radius 3 is 2.73 bits per heavy atom. The zero-order valence-corrected chi connectivity index (χ0v) is 17.8.